The minimum atomic E-state index is -0.800. The summed E-state index contributed by atoms with van der Waals surface area (Å²) in [7, 11) is 3.04. The topological polar surface area (TPSA) is 106 Å². The zero-order chi connectivity index (χ0) is 20.1. The van der Waals surface area contributed by atoms with E-state index in [1.165, 1.54) is 14.2 Å². The Balaban J connectivity index is 1.62. The maximum Gasteiger partial charge on any atom is 0.254 e. The molecule has 0 saturated heterocycles. The van der Waals surface area contributed by atoms with E-state index in [9.17, 15) is 14.4 Å². The van der Waals surface area contributed by atoms with Gasteiger partial charge in [-0.25, -0.2) is 0 Å². The maximum atomic E-state index is 12.4. The molecule has 2 aromatic rings. The predicted octanol–water partition coefficient (Wildman–Crippen LogP) is 2.17. The summed E-state index contributed by atoms with van der Waals surface area (Å²) >= 11 is 0. The molecule has 1 unspecified atom stereocenters. The van der Waals surface area contributed by atoms with Crippen molar-refractivity contribution in [2.24, 2.45) is 0 Å². The predicted molar refractivity (Wildman–Crippen MR) is 104 cm³/mol. The Hall–Kier alpha value is -3.55. The van der Waals surface area contributed by atoms with Gasteiger partial charge in [0.2, 0.25) is 11.8 Å². The van der Waals surface area contributed by atoms with Gasteiger partial charge in [-0.2, -0.15) is 0 Å². The standard InChI is InChI=1S/C20H21N3O5/c1-27-13-9-12(10-14(11-13)28-2)21-18(24)8-7-17-20(26)22-16-6-4-3-5-15(16)19(25)23-17/h3-6,9-11,17H,7-8H2,1-2H3,(H,21,24)(H,22,26)(H,23,25). The third-order valence-electron chi connectivity index (χ3n) is 4.35. The second kappa shape index (κ2) is 8.43. The summed E-state index contributed by atoms with van der Waals surface area (Å²) in [6, 6.07) is 11.0. The minimum Gasteiger partial charge on any atom is -0.497 e. The van der Waals surface area contributed by atoms with Crippen LogP contribution in [-0.4, -0.2) is 38.0 Å². The first-order chi connectivity index (χ1) is 13.5. The molecule has 1 aliphatic rings. The van der Waals surface area contributed by atoms with Gasteiger partial charge in [0, 0.05) is 30.3 Å². The largest absolute Gasteiger partial charge is 0.497 e. The van der Waals surface area contributed by atoms with Crippen LogP contribution in [0.1, 0.15) is 23.2 Å². The molecule has 0 spiro atoms. The van der Waals surface area contributed by atoms with Crippen LogP contribution in [0.15, 0.2) is 42.5 Å². The normalized spacial score (nSPS) is 15.6. The maximum absolute atomic E-state index is 12.4. The van der Waals surface area contributed by atoms with Gasteiger partial charge >= 0.3 is 0 Å². The van der Waals surface area contributed by atoms with E-state index in [0.29, 0.717) is 28.4 Å². The Kier molecular flexibility index (Phi) is 5.78. The molecule has 8 heteroatoms. The number of methoxy groups -OCH3 is 2. The molecule has 28 heavy (non-hydrogen) atoms. The van der Waals surface area contributed by atoms with E-state index in [-0.39, 0.29) is 30.6 Å². The molecule has 1 heterocycles. The quantitative estimate of drug-likeness (QED) is 0.709. The van der Waals surface area contributed by atoms with Crippen LogP contribution in [0.25, 0.3) is 0 Å². The average Bonchev–Trinajstić information content (AvgIpc) is 2.82. The van der Waals surface area contributed by atoms with E-state index in [2.05, 4.69) is 16.0 Å². The van der Waals surface area contributed by atoms with Crippen molar-refractivity contribution in [2.45, 2.75) is 18.9 Å². The van der Waals surface area contributed by atoms with Gasteiger partial charge in [-0.3, -0.25) is 14.4 Å². The number of amides is 3. The number of nitrogens with one attached hydrogen (secondary N) is 3. The van der Waals surface area contributed by atoms with Crippen LogP contribution in [0.5, 0.6) is 11.5 Å². The molecule has 1 atom stereocenters. The lowest BCUT2D eigenvalue weighted by atomic mass is 10.1. The molecular weight excluding hydrogens is 362 g/mol. The lowest BCUT2D eigenvalue weighted by molar-refractivity contribution is -0.118. The van der Waals surface area contributed by atoms with Crippen molar-refractivity contribution >= 4 is 29.1 Å². The third kappa shape index (κ3) is 4.40. The van der Waals surface area contributed by atoms with Crippen LogP contribution in [0.2, 0.25) is 0 Å². The Morgan fingerprint density at radius 3 is 2.43 bits per heavy atom. The molecule has 2 aromatic carbocycles. The summed E-state index contributed by atoms with van der Waals surface area (Å²) in [6.45, 7) is 0. The summed E-state index contributed by atoms with van der Waals surface area (Å²) in [4.78, 5) is 37.0. The van der Waals surface area contributed by atoms with Gasteiger partial charge in [0.15, 0.2) is 0 Å². The van der Waals surface area contributed by atoms with Crippen LogP contribution in [-0.2, 0) is 9.59 Å². The molecule has 8 nitrogen and oxygen atoms in total. The lowest BCUT2D eigenvalue weighted by Crippen LogP contribution is -2.41. The molecule has 0 radical (unpaired) electrons. The van der Waals surface area contributed by atoms with Gasteiger partial charge in [-0.15, -0.1) is 0 Å². The van der Waals surface area contributed by atoms with Gasteiger partial charge in [0.05, 0.1) is 25.5 Å². The highest BCUT2D eigenvalue weighted by atomic mass is 16.5. The third-order valence-corrected chi connectivity index (χ3v) is 4.35. The highest BCUT2D eigenvalue weighted by Crippen LogP contribution is 2.26. The van der Waals surface area contributed by atoms with E-state index < -0.39 is 6.04 Å². The van der Waals surface area contributed by atoms with Crippen molar-refractivity contribution in [1.29, 1.82) is 0 Å². The molecule has 3 N–H and O–H groups in total. The number of hydrogen-bond donors (Lipinski definition) is 3. The number of rotatable bonds is 6. The Morgan fingerprint density at radius 2 is 1.75 bits per heavy atom. The van der Waals surface area contributed by atoms with E-state index >= 15 is 0 Å². The summed E-state index contributed by atoms with van der Waals surface area (Å²) < 4.78 is 10.3. The number of carbonyl (C=O) groups is 3. The molecule has 0 aliphatic carbocycles. The number of ether oxygens (including phenoxy) is 2. The first-order valence-corrected chi connectivity index (χ1v) is 8.74. The van der Waals surface area contributed by atoms with E-state index in [0.717, 1.165) is 0 Å². The van der Waals surface area contributed by atoms with E-state index in [4.69, 9.17) is 9.47 Å². The fraction of sp³-hybridized carbons (Fsp3) is 0.250. The van der Waals surface area contributed by atoms with Crippen LogP contribution >= 0.6 is 0 Å². The van der Waals surface area contributed by atoms with Crippen LogP contribution in [0.3, 0.4) is 0 Å². The van der Waals surface area contributed by atoms with Gasteiger partial charge in [0.1, 0.15) is 17.5 Å². The molecular formula is C20H21N3O5. The first-order valence-electron chi connectivity index (χ1n) is 8.74. The number of anilines is 2. The molecule has 3 amide bonds. The second-order valence-corrected chi connectivity index (χ2v) is 6.25. The monoisotopic (exact) mass is 383 g/mol. The number of fused-ring (bicyclic) bond motifs is 1. The van der Waals surface area contributed by atoms with E-state index in [1.54, 1.807) is 42.5 Å². The summed E-state index contributed by atoms with van der Waals surface area (Å²) in [5.74, 6) is 0.0933. The van der Waals surface area contributed by atoms with Gasteiger partial charge < -0.3 is 25.4 Å². The fourth-order valence-electron chi connectivity index (χ4n) is 2.89. The summed E-state index contributed by atoms with van der Waals surface area (Å²) in [6.07, 6.45) is 0.215. The van der Waals surface area contributed by atoms with Crippen molar-refractivity contribution in [3.05, 3.63) is 48.0 Å². The Bertz CT molecular complexity index is 890. The lowest BCUT2D eigenvalue weighted by Gasteiger charge is -2.14. The first kappa shape index (κ1) is 19.2. The van der Waals surface area contributed by atoms with Gasteiger partial charge in [0.25, 0.3) is 5.91 Å². The van der Waals surface area contributed by atoms with E-state index in [1.807, 2.05) is 0 Å². The zero-order valence-corrected chi connectivity index (χ0v) is 15.6. The van der Waals surface area contributed by atoms with Gasteiger partial charge in [-0.05, 0) is 18.6 Å². The van der Waals surface area contributed by atoms with Crippen LogP contribution in [0.4, 0.5) is 11.4 Å². The SMILES string of the molecule is COc1cc(NC(=O)CCC2NC(=O)c3ccccc3NC2=O)cc(OC)c1. The molecule has 146 valence electrons. The van der Waals surface area contributed by atoms with Crippen molar-refractivity contribution in [3.8, 4) is 11.5 Å². The van der Waals surface area contributed by atoms with Crippen LogP contribution < -0.4 is 25.4 Å². The van der Waals surface area contributed by atoms with Crippen molar-refractivity contribution < 1.29 is 23.9 Å². The van der Waals surface area contributed by atoms with Crippen molar-refractivity contribution in [1.82, 2.24) is 5.32 Å². The number of benzene rings is 2. The highest BCUT2D eigenvalue weighted by Gasteiger charge is 2.27. The number of carbonyl (C=O) groups excluding carboxylic acids is 3. The van der Waals surface area contributed by atoms with Gasteiger partial charge in [-0.1, -0.05) is 12.1 Å². The number of para-hydroxylation sites is 1. The highest BCUT2D eigenvalue weighted by molar-refractivity contribution is 6.10. The Labute approximate surface area is 162 Å². The molecule has 0 fully saturated rings. The number of hydrogen-bond acceptors (Lipinski definition) is 5. The summed E-state index contributed by atoms with van der Waals surface area (Å²) in [5.41, 5.74) is 1.37. The smallest absolute Gasteiger partial charge is 0.254 e. The molecule has 0 saturated carbocycles. The molecule has 0 bridgehead atoms. The zero-order valence-electron chi connectivity index (χ0n) is 15.6. The Morgan fingerprint density at radius 1 is 1.07 bits per heavy atom. The van der Waals surface area contributed by atoms with Crippen molar-refractivity contribution in [2.75, 3.05) is 24.9 Å². The van der Waals surface area contributed by atoms with Crippen molar-refractivity contribution in [3.63, 3.8) is 0 Å². The minimum absolute atomic E-state index is 0.0498. The fourth-order valence-corrected chi connectivity index (χ4v) is 2.89. The average molecular weight is 383 g/mol. The molecule has 1 aliphatic heterocycles. The molecule has 3 rings (SSSR count). The second-order valence-electron chi connectivity index (χ2n) is 6.25. The molecule has 0 aromatic heterocycles. The van der Waals surface area contributed by atoms with Crippen LogP contribution in [0, 0.1) is 0 Å². The summed E-state index contributed by atoms with van der Waals surface area (Å²) in [5, 5.41) is 8.14.